The summed E-state index contributed by atoms with van der Waals surface area (Å²) in [5.41, 5.74) is 0.640. The first-order valence-corrected chi connectivity index (χ1v) is 6.58. The summed E-state index contributed by atoms with van der Waals surface area (Å²) < 4.78 is 1.66. The zero-order chi connectivity index (χ0) is 12.4. The van der Waals surface area contributed by atoms with Crippen LogP contribution in [0.25, 0.3) is 5.65 Å². The van der Waals surface area contributed by atoms with Gasteiger partial charge in [-0.3, -0.25) is 4.98 Å². The first-order chi connectivity index (χ1) is 8.88. The van der Waals surface area contributed by atoms with Gasteiger partial charge < -0.3 is 5.32 Å². The Morgan fingerprint density at radius 3 is 3.17 bits per heavy atom. The molecule has 0 radical (unpaired) electrons. The predicted molar refractivity (Wildman–Crippen MR) is 69.6 cm³/mol. The van der Waals surface area contributed by atoms with Crippen molar-refractivity contribution >= 4 is 22.8 Å². The lowest BCUT2D eigenvalue weighted by atomic mass is 10.2. The number of rotatable bonds is 4. The third-order valence-electron chi connectivity index (χ3n) is 2.73. The Balaban J connectivity index is 1.93. The number of hydrogen-bond donors (Lipinski definition) is 1. The molecule has 0 aliphatic carbocycles. The van der Waals surface area contributed by atoms with Crippen LogP contribution in [0.3, 0.4) is 0 Å². The van der Waals surface area contributed by atoms with Crippen LogP contribution in [-0.4, -0.2) is 25.0 Å². The van der Waals surface area contributed by atoms with Gasteiger partial charge >= 0.3 is 0 Å². The molecule has 0 fully saturated rings. The Morgan fingerprint density at radius 2 is 2.39 bits per heavy atom. The Kier molecular flexibility index (Phi) is 2.89. The molecule has 92 valence electrons. The summed E-state index contributed by atoms with van der Waals surface area (Å²) in [5.74, 6) is 0.803. The molecule has 0 aliphatic heterocycles. The Morgan fingerprint density at radius 1 is 1.44 bits per heavy atom. The van der Waals surface area contributed by atoms with Gasteiger partial charge in [0.1, 0.15) is 0 Å². The molecule has 3 aromatic rings. The van der Waals surface area contributed by atoms with Gasteiger partial charge in [-0.05, 0) is 28.3 Å². The van der Waals surface area contributed by atoms with Gasteiger partial charge in [-0.25, -0.2) is 0 Å². The van der Waals surface area contributed by atoms with Crippen molar-refractivity contribution < 1.29 is 0 Å². The van der Waals surface area contributed by atoms with E-state index < -0.39 is 0 Å². The lowest BCUT2D eigenvalue weighted by molar-refractivity contribution is 0.739. The van der Waals surface area contributed by atoms with Crippen LogP contribution in [0, 0.1) is 0 Å². The molecule has 0 spiro atoms. The van der Waals surface area contributed by atoms with E-state index in [2.05, 4.69) is 50.3 Å². The van der Waals surface area contributed by atoms with Crippen LogP contribution in [0.15, 0.2) is 29.9 Å². The van der Waals surface area contributed by atoms with Crippen LogP contribution in [0.4, 0.5) is 5.82 Å². The third kappa shape index (κ3) is 1.92. The molecule has 1 atom stereocenters. The minimum atomic E-state index is 0.251. The van der Waals surface area contributed by atoms with E-state index in [0.29, 0.717) is 5.65 Å². The molecular formula is C11H12N6S. The fourth-order valence-electron chi connectivity index (χ4n) is 1.82. The topological polar surface area (TPSA) is 68.0 Å². The van der Waals surface area contributed by atoms with Gasteiger partial charge in [-0.2, -0.15) is 4.52 Å². The first kappa shape index (κ1) is 11.1. The largest absolute Gasteiger partial charge is 0.361 e. The van der Waals surface area contributed by atoms with E-state index in [1.54, 1.807) is 28.2 Å². The second kappa shape index (κ2) is 4.69. The normalized spacial score (nSPS) is 12.7. The van der Waals surface area contributed by atoms with Crippen molar-refractivity contribution in [1.29, 1.82) is 0 Å². The van der Waals surface area contributed by atoms with Gasteiger partial charge in [0.05, 0.1) is 18.4 Å². The zero-order valence-electron chi connectivity index (χ0n) is 9.82. The Bertz CT molecular complexity index is 632. The smallest absolute Gasteiger partial charge is 0.199 e. The molecule has 3 heterocycles. The average molecular weight is 260 g/mol. The SMILES string of the molecule is CCC(Nc1cncc2nnnn12)c1cccs1. The van der Waals surface area contributed by atoms with Crippen molar-refractivity contribution in [1.82, 2.24) is 25.0 Å². The molecule has 0 amide bonds. The highest BCUT2D eigenvalue weighted by Crippen LogP contribution is 2.25. The molecule has 0 bridgehead atoms. The van der Waals surface area contributed by atoms with Crippen LogP contribution in [0.1, 0.15) is 24.3 Å². The number of hydrogen-bond acceptors (Lipinski definition) is 6. The summed E-state index contributed by atoms with van der Waals surface area (Å²) >= 11 is 1.74. The molecule has 3 aromatic heterocycles. The number of nitrogens with zero attached hydrogens (tertiary/aromatic N) is 5. The molecule has 1 N–H and O–H groups in total. The minimum absolute atomic E-state index is 0.251. The first-order valence-electron chi connectivity index (χ1n) is 5.70. The predicted octanol–water partition coefficient (Wildman–Crippen LogP) is 2.14. The summed E-state index contributed by atoms with van der Waals surface area (Å²) in [6.07, 6.45) is 4.36. The van der Waals surface area contributed by atoms with E-state index in [4.69, 9.17) is 0 Å². The van der Waals surface area contributed by atoms with Crippen LogP contribution >= 0.6 is 11.3 Å². The van der Waals surface area contributed by atoms with E-state index in [0.717, 1.165) is 12.2 Å². The molecule has 0 saturated carbocycles. The number of nitrogens with one attached hydrogen (secondary N) is 1. The number of aromatic nitrogens is 5. The van der Waals surface area contributed by atoms with Gasteiger partial charge in [0.2, 0.25) is 0 Å². The lowest BCUT2D eigenvalue weighted by Gasteiger charge is -2.16. The molecule has 3 rings (SSSR count). The number of fused-ring (bicyclic) bond motifs is 1. The van der Waals surface area contributed by atoms with Crippen LogP contribution in [0.5, 0.6) is 0 Å². The van der Waals surface area contributed by atoms with Crippen LogP contribution in [-0.2, 0) is 0 Å². The average Bonchev–Trinajstić information content (AvgIpc) is 3.06. The van der Waals surface area contributed by atoms with Gasteiger partial charge in [-0.1, -0.05) is 13.0 Å². The van der Waals surface area contributed by atoms with E-state index >= 15 is 0 Å². The fraction of sp³-hybridized carbons (Fsp3) is 0.273. The molecule has 18 heavy (non-hydrogen) atoms. The van der Waals surface area contributed by atoms with Gasteiger partial charge in [-0.15, -0.1) is 16.4 Å². The standard InChI is InChI=1S/C11H12N6S/c1-2-8(9-4-3-5-18-9)13-10-6-12-7-11-14-15-16-17(10)11/h3-8,13H,2H2,1H3. The summed E-state index contributed by atoms with van der Waals surface area (Å²) in [4.78, 5) is 5.43. The highest BCUT2D eigenvalue weighted by molar-refractivity contribution is 7.10. The van der Waals surface area contributed by atoms with Crippen LogP contribution < -0.4 is 5.32 Å². The number of thiophene rings is 1. The van der Waals surface area contributed by atoms with Gasteiger partial charge in [0.25, 0.3) is 0 Å². The second-order valence-corrected chi connectivity index (χ2v) is 4.84. The lowest BCUT2D eigenvalue weighted by Crippen LogP contribution is -2.12. The molecule has 0 aromatic carbocycles. The highest BCUT2D eigenvalue weighted by atomic mass is 32.1. The number of tetrazole rings is 1. The maximum Gasteiger partial charge on any atom is 0.199 e. The Hall–Kier alpha value is -2.02. The van der Waals surface area contributed by atoms with Crippen molar-refractivity contribution in [2.75, 3.05) is 5.32 Å². The van der Waals surface area contributed by atoms with Crippen LogP contribution in [0.2, 0.25) is 0 Å². The van der Waals surface area contributed by atoms with Gasteiger partial charge in [0, 0.05) is 4.88 Å². The molecule has 6 nitrogen and oxygen atoms in total. The monoisotopic (exact) mass is 260 g/mol. The van der Waals surface area contributed by atoms with Crippen molar-refractivity contribution in [2.24, 2.45) is 0 Å². The summed E-state index contributed by atoms with van der Waals surface area (Å²) in [7, 11) is 0. The molecule has 7 heteroatoms. The van der Waals surface area contributed by atoms with Crippen molar-refractivity contribution in [3.63, 3.8) is 0 Å². The van der Waals surface area contributed by atoms with E-state index in [9.17, 15) is 0 Å². The fourth-order valence-corrected chi connectivity index (χ4v) is 2.68. The third-order valence-corrected chi connectivity index (χ3v) is 3.71. The van der Waals surface area contributed by atoms with Crippen molar-refractivity contribution in [3.8, 4) is 0 Å². The van der Waals surface area contributed by atoms with Gasteiger partial charge in [0.15, 0.2) is 11.5 Å². The molecular weight excluding hydrogens is 248 g/mol. The van der Waals surface area contributed by atoms with E-state index in [1.807, 2.05) is 0 Å². The summed E-state index contributed by atoms with van der Waals surface area (Å²) in [6.45, 7) is 2.14. The van der Waals surface area contributed by atoms with E-state index in [-0.39, 0.29) is 6.04 Å². The maximum absolute atomic E-state index is 4.13. The minimum Gasteiger partial charge on any atom is -0.361 e. The zero-order valence-corrected chi connectivity index (χ0v) is 10.6. The summed E-state index contributed by atoms with van der Waals surface area (Å²) in [5, 5.41) is 17.0. The molecule has 0 aliphatic rings. The quantitative estimate of drug-likeness (QED) is 0.778. The maximum atomic E-state index is 4.13. The molecule has 0 saturated heterocycles. The summed E-state index contributed by atoms with van der Waals surface area (Å²) in [6, 6.07) is 4.43. The van der Waals surface area contributed by atoms with E-state index in [1.165, 1.54) is 4.88 Å². The van der Waals surface area contributed by atoms with Crippen molar-refractivity contribution in [2.45, 2.75) is 19.4 Å². The number of anilines is 1. The second-order valence-electron chi connectivity index (χ2n) is 3.86. The van der Waals surface area contributed by atoms with Crippen molar-refractivity contribution in [3.05, 3.63) is 34.8 Å². The molecule has 1 unspecified atom stereocenters. The Labute approximate surface area is 108 Å². The highest BCUT2D eigenvalue weighted by Gasteiger charge is 2.12.